The molecule has 0 spiro atoms. The predicted molar refractivity (Wildman–Crippen MR) is 59.7 cm³/mol. The molecule has 0 bridgehead atoms. The fourth-order valence-corrected chi connectivity index (χ4v) is 1.25. The first kappa shape index (κ1) is 10.8. The van der Waals surface area contributed by atoms with Crippen molar-refractivity contribution < 1.29 is 4.79 Å². The van der Waals surface area contributed by atoms with Crippen molar-refractivity contribution >= 4 is 19.3 Å². The van der Waals surface area contributed by atoms with Crippen LogP contribution in [0.1, 0.15) is 23.7 Å². The molecule has 1 amide bonds. The summed E-state index contributed by atoms with van der Waals surface area (Å²) in [7, 11) is 3.72. The number of nitrogens with zero attached hydrogens (tertiary/aromatic N) is 2. The Morgan fingerprint density at radius 1 is 1.57 bits per heavy atom. The maximum absolute atomic E-state index is 11.7. The van der Waals surface area contributed by atoms with Crippen molar-refractivity contribution in [1.82, 2.24) is 9.88 Å². The van der Waals surface area contributed by atoms with E-state index in [9.17, 15) is 4.79 Å². The number of carbonyl (C=O) groups is 1. The van der Waals surface area contributed by atoms with Gasteiger partial charge in [0.1, 0.15) is 0 Å². The molecular formula is C10H15BN2O. The molecule has 4 heteroatoms. The highest BCUT2D eigenvalue weighted by atomic mass is 16.2. The van der Waals surface area contributed by atoms with Gasteiger partial charge in [0.05, 0.1) is 5.56 Å². The van der Waals surface area contributed by atoms with E-state index in [2.05, 4.69) is 11.9 Å². The molecule has 0 aliphatic carbocycles. The Labute approximate surface area is 85.5 Å². The second-order valence-corrected chi connectivity index (χ2v) is 3.41. The van der Waals surface area contributed by atoms with Crippen LogP contribution in [0.4, 0.5) is 0 Å². The van der Waals surface area contributed by atoms with E-state index in [4.69, 9.17) is 0 Å². The average molecular weight is 190 g/mol. The molecule has 0 aromatic carbocycles. The van der Waals surface area contributed by atoms with Crippen LogP contribution in [0.2, 0.25) is 0 Å². The van der Waals surface area contributed by atoms with Gasteiger partial charge in [-0.1, -0.05) is 13.0 Å². The van der Waals surface area contributed by atoms with E-state index in [1.807, 2.05) is 27.0 Å². The van der Waals surface area contributed by atoms with Crippen LogP contribution < -0.4 is 5.59 Å². The second-order valence-electron chi connectivity index (χ2n) is 3.41. The Hall–Kier alpha value is -1.32. The van der Waals surface area contributed by atoms with E-state index in [1.165, 1.54) is 0 Å². The smallest absolute Gasteiger partial charge is 0.255 e. The van der Waals surface area contributed by atoms with Crippen LogP contribution in [0.25, 0.3) is 0 Å². The van der Waals surface area contributed by atoms with Crippen LogP contribution in [-0.4, -0.2) is 37.2 Å². The zero-order chi connectivity index (χ0) is 10.6. The van der Waals surface area contributed by atoms with E-state index >= 15 is 0 Å². The molecule has 0 unspecified atom stereocenters. The van der Waals surface area contributed by atoms with E-state index < -0.39 is 0 Å². The van der Waals surface area contributed by atoms with E-state index in [0.717, 1.165) is 18.6 Å². The van der Waals surface area contributed by atoms with Crippen molar-refractivity contribution in [3.63, 3.8) is 0 Å². The van der Waals surface area contributed by atoms with Gasteiger partial charge in [-0.25, -0.2) is 0 Å². The van der Waals surface area contributed by atoms with Crippen molar-refractivity contribution in [3.05, 3.63) is 23.9 Å². The quantitative estimate of drug-likeness (QED) is 0.619. The van der Waals surface area contributed by atoms with Crippen molar-refractivity contribution in [2.24, 2.45) is 0 Å². The lowest BCUT2D eigenvalue weighted by Gasteiger charge is -2.15. The Balaban J connectivity index is 2.74. The molecule has 74 valence electrons. The maximum Gasteiger partial charge on any atom is 0.255 e. The molecule has 0 radical (unpaired) electrons. The molecule has 0 fully saturated rings. The summed E-state index contributed by atoms with van der Waals surface area (Å²) in [6.07, 6.45) is 2.60. The standard InChI is InChI=1S/C10H15BN2O/c1-3-6-13(2)10(14)8-4-5-9(11)12-7-8/h4-5,7H,3,6,11H2,1-2H3. The summed E-state index contributed by atoms with van der Waals surface area (Å²) in [5, 5.41) is 0. The zero-order valence-corrected chi connectivity index (χ0v) is 8.95. The van der Waals surface area contributed by atoms with Crippen LogP contribution in [-0.2, 0) is 0 Å². The molecule has 0 saturated heterocycles. The van der Waals surface area contributed by atoms with Crippen molar-refractivity contribution in [3.8, 4) is 0 Å². The first-order valence-corrected chi connectivity index (χ1v) is 4.83. The lowest BCUT2D eigenvalue weighted by molar-refractivity contribution is 0.0795. The van der Waals surface area contributed by atoms with Gasteiger partial charge in [0, 0.05) is 19.8 Å². The molecular weight excluding hydrogens is 175 g/mol. The highest BCUT2D eigenvalue weighted by Crippen LogP contribution is 2.00. The Kier molecular flexibility index (Phi) is 3.68. The molecule has 0 N–H and O–H groups in total. The third-order valence-electron chi connectivity index (χ3n) is 2.06. The number of carbonyl (C=O) groups excluding carboxylic acids is 1. The predicted octanol–water partition coefficient (Wildman–Crippen LogP) is -0.178. The van der Waals surface area contributed by atoms with Crippen LogP contribution in [0.3, 0.4) is 0 Å². The fraction of sp³-hybridized carbons (Fsp3) is 0.400. The number of hydrogen-bond donors (Lipinski definition) is 0. The third-order valence-corrected chi connectivity index (χ3v) is 2.06. The first-order valence-electron chi connectivity index (χ1n) is 4.83. The van der Waals surface area contributed by atoms with Crippen LogP contribution >= 0.6 is 0 Å². The summed E-state index contributed by atoms with van der Waals surface area (Å²) in [4.78, 5) is 17.5. The topological polar surface area (TPSA) is 33.2 Å². The SMILES string of the molecule is Bc1ccc(C(=O)N(C)CCC)cn1. The number of hydrogen-bond acceptors (Lipinski definition) is 2. The molecule has 1 rings (SSSR count). The molecule has 14 heavy (non-hydrogen) atoms. The molecule has 1 heterocycles. The highest BCUT2D eigenvalue weighted by Gasteiger charge is 2.09. The minimum absolute atomic E-state index is 0.0411. The highest BCUT2D eigenvalue weighted by molar-refractivity contribution is 6.30. The molecule has 0 saturated carbocycles. The number of aromatic nitrogens is 1. The number of amides is 1. The van der Waals surface area contributed by atoms with E-state index in [0.29, 0.717) is 5.56 Å². The monoisotopic (exact) mass is 190 g/mol. The average Bonchev–Trinajstić information content (AvgIpc) is 2.18. The van der Waals surface area contributed by atoms with Gasteiger partial charge in [-0.05, 0) is 18.1 Å². The van der Waals surface area contributed by atoms with Gasteiger partial charge < -0.3 is 4.90 Å². The first-order chi connectivity index (χ1) is 6.65. The van der Waals surface area contributed by atoms with Gasteiger partial charge in [0.25, 0.3) is 5.91 Å². The van der Waals surface area contributed by atoms with Gasteiger partial charge in [0.15, 0.2) is 7.85 Å². The minimum Gasteiger partial charge on any atom is -0.342 e. The molecule has 0 atom stereocenters. The summed E-state index contributed by atoms with van der Waals surface area (Å²) in [6, 6.07) is 3.67. The molecule has 0 aliphatic heterocycles. The molecule has 0 aliphatic rings. The van der Waals surface area contributed by atoms with Gasteiger partial charge in [-0.15, -0.1) is 0 Å². The molecule has 1 aromatic heterocycles. The Morgan fingerprint density at radius 2 is 2.29 bits per heavy atom. The van der Waals surface area contributed by atoms with Gasteiger partial charge in [0.2, 0.25) is 0 Å². The Bertz CT molecular complexity index is 310. The fourth-order valence-electron chi connectivity index (χ4n) is 1.25. The summed E-state index contributed by atoms with van der Waals surface area (Å²) < 4.78 is 0. The maximum atomic E-state index is 11.7. The van der Waals surface area contributed by atoms with Crippen molar-refractivity contribution in [1.29, 1.82) is 0 Å². The number of rotatable bonds is 3. The normalized spacial score (nSPS) is 9.86. The minimum atomic E-state index is 0.0411. The van der Waals surface area contributed by atoms with E-state index in [-0.39, 0.29) is 5.91 Å². The van der Waals surface area contributed by atoms with Crippen molar-refractivity contribution in [2.75, 3.05) is 13.6 Å². The van der Waals surface area contributed by atoms with Crippen LogP contribution in [0.5, 0.6) is 0 Å². The van der Waals surface area contributed by atoms with Gasteiger partial charge >= 0.3 is 0 Å². The van der Waals surface area contributed by atoms with Gasteiger partial charge in [-0.2, -0.15) is 0 Å². The van der Waals surface area contributed by atoms with E-state index in [1.54, 1.807) is 11.1 Å². The second kappa shape index (κ2) is 4.79. The largest absolute Gasteiger partial charge is 0.342 e. The lowest BCUT2D eigenvalue weighted by atomic mass is 10.0. The lowest BCUT2D eigenvalue weighted by Crippen LogP contribution is -2.27. The van der Waals surface area contributed by atoms with Crippen LogP contribution in [0.15, 0.2) is 18.3 Å². The summed E-state index contributed by atoms with van der Waals surface area (Å²) in [6.45, 7) is 2.84. The molecule has 1 aromatic rings. The summed E-state index contributed by atoms with van der Waals surface area (Å²) in [5.74, 6) is 0.0411. The number of pyridine rings is 1. The van der Waals surface area contributed by atoms with Crippen molar-refractivity contribution in [2.45, 2.75) is 13.3 Å². The Morgan fingerprint density at radius 3 is 2.79 bits per heavy atom. The zero-order valence-electron chi connectivity index (χ0n) is 8.95. The summed E-state index contributed by atoms with van der Waals surface area (Å²) >= 11 is 0. The van der Waals surface area contributed by atoms with Crippen LogP contribution in [0, 0.1) is 0 Å². The third kappa shape index (κ3) is 2.59. The van der Waals surface area contributed by atoms with Gasteiger partial charge in [-0.3, -0.25) is 9.78 Å². The summed E-state index contributed by atoms with van der Waals surface area (Å²) in [5.41, 5.74) is 1.59. The molecule has 3 nitrogen and oxygen atoms in total.